The predicted molar refractivity (Wildman–Crippen MR) is 74.9 cm³/mol. The molecule has 3 N–H and O–H groups in total. The molecule has 2 rings (SSSR count). The minimum Gasteiger partial charge on any atom is -0.374 e. The number of rotatable bonds is 6. The maximum Gasteiger partial charge on any atom is 0.248 e. The second kappa shape index (κ2) is 6.17. The Morgan fingerprint density at radius 3 is 2.79 bits per heavy atom. The van der Waals surface area contributed by atoms with Crippen LogP contribution < -0.4 is 11.1 Å². The molecule has 0 aromatic heterocycles. The number of aryl methyl sites for hydroxylation is 1. The maximum atomic E-state index is 11.1. The van der Waals surface area contributed by atoms with Crippen LogP contribution in [-0.2, 0) is 11.3 Å². The van der Waals surface area contributed by atoms with Gasteiger partial charge in [-0.25, -0.2) is 0 Å². The zero-order valence-electron chi connectivity index (χ0n) is 11.6. The number of carbonyl (C=O) groups is 1. The van der Waals surface area contributed by atoms with Gasteiger partial charge in [0, 0.05) is 5.56 Å². The van der Waals surface area contributed by atoms with E-state index in [4.69, 9.17) is 10.5 Å². The molecule has 19 heavy (non-hydrogen) atoms. The van der Waals surface area contributed by atoms with Gasteiger partial charge < -0.3 is 15.8 Å². The van der Waals surface area contributed by atoms with Crippen molar-refractivity contribution in [1.82, 2.24) is 5.32 Å². The Labute approximate surface area is 114 Å². The van der Waals surface area contributed by atoms with E-state index in [-0.39, 0.29) is 5.91 Å². The Hall–Kier alpha value is -1.39. The average Bonchev–Trinajstić information content (AvgIpc) is 2.33. The van der Waals surface area contributed by atoms with E-state index in [1.54, 1.807) is 6.07 Å². The molecule has 1 aliphatic carbocycles. The molecule has 1 aromatic rings. The number of nitrogens with one attached hydrogen (secondary N) is 1. The quantitative estimate of drug-likeness (QED) is 0.818. The van der Waals surface area contributed by atoms with Crippen LogP contribution in [0.5, 0.6) is 0 Å². The summed E-state index contributed by atoms with van der Waals surface area (Å²) in [7, 11) is 1.98. The molecule has 0 heterocycles. The summed E-state index contributed by atoms with van der Waals surface area (Å²) in [5.41, 5.74) is 7.99. The summed E-state index contributed by atoms with van der Waals surface area (Å²) in [4.78, 5) is 11.1. The lowest BCUT2D eigenvalue weighted by Gasteiger charge is -2.35. The van der Waals surface area contributed by atoms with Crippen LogP contribution in [-0.4, -0.2) is 25.6 Å². The first kappa shape index (κ1) is 14.0. The molecule has 1 fully saturated rings. The molecular weight excluding hydrogens is 240 g/mol. The minimum atomic E-state index is -0.385. The highest BCUT2D eigenvalue weighted by molar-refractivity contribution is 5.93. The number of amides is 1. The van der Waals surface area contributed by atoms with Crippen molar-refractivity contribution in [3.8, 4) is 0 Å². The molecule has 0 unspecified atom stereocenters. The van der Waals surface area contributed by atoms with Crippen LogP contribution in [0, 0.1) is 12.8 Å². The average molecular weight is 262 g/mol. The van der Waals surface area contributed by atoms with Crippen molar-refractivity contribution in [1.29, 1.82) is 0 Å². The Morgan fingerprint density at radius 2 is 2.21 bits per heavy atom. The summed E-state index contributed by atoms with van der Waals surface area (Å²) >= 11 is 0. The lowest BCUT2D eigenvalue weighted by Crippen LogP contribution is -2.36. The highest BCUT2D eigenvalue weighted by Gasteiger charge is 2.29. The van der Waals surface area contributed by atoms with E-state index >= 15 is 0 Å². The molecule has 4 heteroatoms. The van der Waals surface area contributed by atoms with E-state index in [2.05, 4.69) is 5.32 Å². The predicted octanol–water partition coefficient (Wildman–Crippen LogP) is 1.61. The monoisotopic (exact) mass is 262 g/mol. The molecule has 0 bridgehead atoms. The van der Waals surface area contributed by atoms with Crippen molar-refractivity contribution < 1.29 is 9.53 Å². The molecule has 0 radical (unpaired) electrons. The van der Waals surface area contributed by atoms with E-state index in [1.807, 2.05) is 26.1 Å². The topological polar surface area (TPSA) is 64.3 Å². The maximum absolute atomic E-state index is 11.1. The zero-order chi connectivity index (χ0) is 13.8. The van der Waals surface area contributed by atoms with Gasteiger partial charge in [0.1, 0.15) is 0 Å². The van der Waals surface area contributed by atoms with E-state index in [9.17, 15) is 4.79 Å². The van der Waals surface area contributed by atoms with Crippen LogP contribution in [0.1, 0.15) is 34.3 Å². The summed E-state index contributed by atoms with van der Waals surface area (Å²) in [5, 5.41) is 3.19. The molecule has 0 atom stereocenters. The first-order valence-corrected chi connectivity index (χ1v) is 6.75. The molecule has 1 aromatic carbocycles. The first-order valence-electron chi connectivity index (χ1n) is 6.75. The van der Waals surface area contributed by atoms with Gasteiger partial charge in [0.2, 0.25) is 5.91 Å². The van der Waals surface area contributed by atoms with Gasteiger partial charge in [0.05, 0.1) is 12.7 Å². The van der Waals surface area contributed by atoms with Crippen molar-refractivity contribution in [2.45, 2.75) is 32.5 Å². The van der Waals surface area contributed by atoms with Crippen LogP contribution >= 0.6 is 0 Å². The second-order valence-corrected chi connectivity index (χ2v) is 5.33. The van der Waals surface area contributed by atoms with E-state index in [0.29, 0.717) is 18.3 Å². The first-order chi connectivity index (χ1) is 9.10. The number of ether oxygens (including phenoxy) is 1. The summed E-state index contributed by atoms with van der Waals surface area (Å²) in [5.74, 6) is 0.373. The SMILES string of the molecule is CNCC1CC(OCc2ccc(C(N)=O)cc2C)C1. The number of hydrogen-bond acceptors (Lipinski definition) is 3. The van der Waals surface area contributed by atoms with Crippen LogP contribution in [0.15, 0.2) is 18.2 Å². The van der Waals surface area contributed by atoms with Gasteiger partial charge in [-0.1, -0.05) is 6.07 Å². The molecule has 0 saturated heterocycles. The Kier molecular flexibility index (Phi) is 4.56. The lowest BCUT2D eigenvalue weighted by atomic mass is 9.82. The Balaban J connectivity index is 1.82. The Morgan fingerprint density at radius 1 is 1.47 bits per heavy atom. The minimum absolute atomic E-state index is 0.383. The number of hydrogen-bond donors (Lipinski definition) is 2. The van der Waals surface area contributed by atoms with Crippen LogP contribution in [0.4, 0.5) is 0 Å². The van der Waals surface area contributed by atoms with E-state index in [1.165, 1.54) is 0 Å². The molecule has 104 valence electrons. The van der Waals surface area contributed by atoms with Crippen molar-refractivity contribution in [2.24, 2.45) is 11.7 Å². The number of benzene rings is 1. The summed E-state index contributed by atoms with van der Waals surface area (Å²) in [6.07, 6.45) is 2.66. The van der Waals surface area contributed by atoms with Gasteiger partial charge in [0.15, 0.2) is 0 Å². The molecule has 1 saturated carbocycles. The fourth-order valence-corrected chi connectivity index (χ4v) is 2.48. The largest absolute Gasteiger partial charge is 0.374 e. The van der Waals surface area contributed by atoms with Crippen molar-refractivity contribution in [3.05, 3.63) is 34.9 Å². The third kappa shape index (κ3) is 3.55. The molecule has 0 spiro atoms. The van der Waals surface area contributed by atoms with Crippen LogP contribution in [0.25, 0.3) is 0 Å². The molecule has 1 aliphatic rings. The van der Waals surface area contributed by atoms with Crippen LogP contribution in [0.2, 0.25) is 0 Å². The van der Waals surface area contributed by atoms with Gasteiger partial charge in [-0.3, -0.25) is 4.79 Å². The highest BCUT2D eigenvalue weighted by Crippen LogP contribution is 2.30. The molecule has 0 aliphatic heterocycles. The van der Waals surface area contributed by atoms with Gasteiger partial charge in [0.25, 0.3) is 0 Å². The van der Waals surface area contributed by atoms with Crippen molar-refractivity contribution in [2.75, 3.05) is 13.6 Å². The van der Waals surface area contributed by atoms with Crippen molar-refractivity contribution >= 4 is 5.91 Å². The summed E-state index contributed by atoms with van der Waals surface area (Å²) in [6, 6.07) is 5.52. The van der Waals surface area contributed by atoms with Gasteiger partial charge in [-0.15, -0.1) is 0 Å². The zero-order valence-corrected chi connectivity index (χ0v) is 11.6. The number of primary amides is 1. The smallest absolute Gasteiger partial charge is 0.248 e. The third-order valence-corrected chi connectivity index (χ3v) is 3.79. The van der Waals surface area contributed by atoms with E-state index < -0.39 is 0 Å². The Bertz CT molecular complexity index is 453. The molecule has 4 nitrogen and oxygen atoms in total. The highest BCUT2D eigenvalue weighted by atomic mass is 16.5. The molecule has 1 amide bonds. The van der Waals surface area contributed by atoms with Gasteiger partial charge in [-0.05, 0) is 62.5 Å². The third-order valence-electron chi connectivity index (χ3n) is 3.79. The summed E-state index contributed by atoms with van der Waals surface area (Å²) in [6.45, 7) is 3.67. The van der Waals surface area contributed by atoms with Gasteiger partial charge >= 0.3 is 0 Å². The fraction of sp³-hybridized carbons (Fsp3) is 0.533. The summed E-state index contributed by atoms with van der Waals surface area (Å²) < 4.78 is 5.88. The molecular formula is C15H22N2O2. The number of carbonyl (C=O) groups excluding carboxylic acids is 1. The standard InChI is InChI=1S/C15H22N2O2/c1-10-5-12(15(16)18)3-4-13(10)9-19-14-6-11(7-14)8-17-2/h3-5,11,14,17H,6-9H2,1-2H3,(H2,16,18). The number of nitrogens with two attached hydrogens (primary N) is 1. The van der Waals surface area contributed by atoms with Crippen molar-refractivity contribution in [3.63, 3.8) is 0 Å². The van der Waals surface area contributed by atoms with Crippen LogP contribution in [0.3, 0.4) is 0 Å². The van der Waals surface area contributed by atoms with Gasteiger partial charge in [-0.2, -0.15) is 0 Å². The second-order valence-electron chi connectivity index (χ2n) is 5.33. The van der Waals surface area contributed by atoms with E-state index in [0.717, 1.165) is 36.4 Å². The fourth-order valence-electron chi connectivity index (χ4n) is 2.48. The normalized spacial score (nSPS) is 22.0. The lowest BCUT2D eigenvalue weighted by molar-refractivity contribution is -0.0392.